The van der Waals surface area contributed by atoms with Crippen LogP contribution in [0.25, 0.3) is 0 Å². The van der Waals surface area contributed by atoms with E-state index in [2.05, 4.69) is 15.9 Å². The fourth-order valence-electron chi connectivity index (χ4n) is 2.32. The number of benzene rings is 2. The number of hydrogen-bond acceptors (Lipinski definition) is 4. The summed E-state index contributed by atoms with van der Waals surface area (Å²) in [7, 11) is 1.73. The van der Waals surface area contributed by atoms with Crippen molar-refractivity contribution < 1.29 is 9.72 Å². The van der Waals surface area contributed by atoms with Gasteiger partial charge in [0.05, 0.1) is 11.0 Å². The van der Waals surface area contributed by atoms with Crippen molar-refractivity contribution in [3.8, 4) is 0 Å². The second-order valence-electron chi connectivity index (χ2n) is 5.56. The molecule has 0 heterocycles. The number of carbonyl (C=O) groups is 1. The van der Waals surface area contributed by atoms with Gasteiger partial charge in [-0.1, -0.05) is 24.3 Å². The number of nitro benzene ring substituents is 1. The van der Waals surface area contributed by atoms with Crippen LogP contribution in [0.15, 0.2) is 57.9 Å². The molecule has 0 aliphatic rings. The van der Waals surface area contributed by atoms with Gasteiger partial charge in [-0.05, 0) is 40.5 Å². The lowest BCUT2D eigenvalue weighted by Crippen LogP contribution is -2.29. The van der Waals surface area contributed by atoms with Crippen LogP contribution < -0.4 is 0 Å². The van der Waals surface area contributed by atoms with E-state index in [1.807, 2.05) is 31.2 Å². The van der Waals surface area contributed by atoms with Crippen molar-refractivity contribution in [3.63, 3.8) is 0 Å². The molecule has 0 aliphatic carbocycles. The number of carbonyl (C=O) groups excluding carboxylic acids is 1. The van der Waals surface area contributed by atoms with Crippen LogP contribution in [0.1, 0.15) is 24.9 Å². The fraction of sp³-hybridized carbons (Fsp3) is 0.278. The minimum atomic E-state index is -0.424. The molecule has 2 rings (SSSR count). The minimum Gasteiger partial charge on any atom is -0.339 e. The molecule has 132 valence electrons. The van der Waals surface area contributed by atoms with Gasteiger partial charge < -0.3 is 4.90 Å². The van der Waals surface area contributed by atoms with E-state index in [0.717, 1.165) is 14.9 Å². The van der Waals surface area contributed by atoms with Gasteiger partial charge in [0.2, 0.25) is 5.91 Å². The highest BCUT2D eigenvalue weighted by Crippen LogP contribution is 2.28. The number of halogens is 1. The summed E-state index contributed by atoms with van der Waals surface area (Å²) in [5.41, 5.74) is 0.790. The molecule has 0 saturated heterocycles. The number of non-ortho nitro benzene ring substituents is 1. The van der Waals surface area contributed by atoms with Crippen LogP contribution in [0.3, 0.4) is 0 Å². The van der Waals surface area contributed by atoms with E-state index in [1.54, 1.807) is 35.8 Å². The number of nitro groups is 1. The predicted octanol–water partition coefficient (Wildman–Crippen LogP) is 5.06. The SMILES string of the molecule is CC(c1cccc([N+](=O)[O-])c1)N(C)C(=O)CCSc1ccccc1Br. The third-order valence-electron chi connectivity index (χ3n) is 3.95. The Morgan fingerprint density at radius 1 is 1.28 bits per heavy atom. The lowest BCUT2D eigenvalue weighted by atomic mass is 10.1. The molecular formula is C18H19BrN2O3S. The molecule has 0 N–H and O–H groups in total. The summed E-state index contributed by atoms with van der Waals surface area (Å²) in [6.07, 6.45) is 0.405. The highest BCUT2D eigenvalue weighted by Gasteiger charge is 2.19. The van der Waals surface area contributed by atoms with E-state index in [9.17, 15) is 14.9 Å². The summed E-state index contributed by atoms with van der Waals surface area (Å²) in [6.45, 7) is 1.87. The van der Waals surface area contributed by atoms with Gasteiger partial charge in [0.15, 0.2) is 0 Å². The Balaban J connectivity index is 1.94. The molecule has 2 aromatic carbocycles. The van der Waals surface area contributed by atoms with E-state index >= 15 is 0 Å². The van der Waals surface area contributed by atoms with Crippen LogP contribution in [-0.2, 0) is 4.79 Å². The molecule has 5 nitrogen and oxygen atoms in total. The molecule has 1 atom stereocenters. The molecular weight excluding hydrogens is 404 g/mol. The fourth-order valence-corrected chi connectivity index (χ4v) is 3.83. The molecule has 1 unspecified atom stereocenters. The third-order valence-corrected chi connectivity index (χ3v) is 5.98. The van der Waals surface area contributed by atoms with Crippen LogP contribution in [0.5, 0.6) is 0 Å². The van der Waals surface area contributed by atoms with Gasteiger partial charge in [0.1, 0.15) is 0 Å². The Morgan fingerprint density at radius 2 is 2.00 bits per heavy atom. The van der Waals surface area contributed by atoms with E-state index in [-0.39, 0.29) is 17.6 Å². The minimum absolute atomic E-state index is 0.0126. The number of amides is 1. The zero-order chi connectivity index (χ0) is 18.4. The zero-order valence-corrected chi connectivity index (χ0v) is 16.4. The Morgan fingerprint density at radius 3 is 2.68 bits per heavy atom. The van der Waals surface area contributed by atoms with E-state index < -0.39 is 4.92 Å². The number of thioether (sulfide) groups is 1. The van der Waals surface area contributed by atoms with Crippen molar-refractivity contribution in [2.24, 2.45) is 0 Å². The highest BCUT2D eigenvalue weighted by molar-refractivity contribution is 9.10. The molecule has 0 aromatic heterocycles. The van der Waals surface area contributed by atoms with Crippen molar-refractivity contribution in [3.05, 3.63) is 68.7 Å². The van der Waals surface area contributed by atoms with Crippen LogP contribution in [0, 0.1) is 10.1 Å². The molecule has 0 bridgehead atoms. The normalized spacial score (nSPS) is 11.8. The summed E-state index contributed by atoms with van der Waals surface area (Å²) in [4.78, 5) is 25.6. The first kappa shape index (κ1) is 19.5. The van der Waals surface area contributed by atoms with Crippen LogP contribution in [-0.4, -0.2) is 28.5 Å². The first-order valence-corrected chi connectivity index (χ1v) is 9.55. The van der Waals surface area contributed by atoms with Crippen LogP contribution in [0.4, 0.5) is 5.69 Å². The molecule has 0 fully saturated rings. The quantitative estimate of drug-likeness (QED) is 0.355. The summed E-state index contributed by atoms with van der Waals surface area (Å²) in [6, 6.07) is 14.1. The molecule has 2 aromatic rings. The van der Waals surface area contributed by atoms with Crippen LogP contribution in [0.2, 0.25) is 0 Å². The summed E-state index contributed by atoms with van der Waals surface area (Å²) < 4.78 is 1.02. The topological polar surface area (TPSA) is 63.5 Å². The summed E-state index contributed by atoms with van der Waals surface area (Å²) in [5.74, 6) is 0.687. The summed E-state index contributed by atoms with van der Waals surface area (Å²) >= 11 is 5.12. The number of nitrogens with zero attached hydrogens (tertiary/aromatic N) is 2. The standard InChI is InChI=1S/C18H19BrN2O3S/c1-13(14-6-5-7-15(12-14)21(23)24)20(2)18(22)10-11-25-17-9-4-3-8-16(17)19/h3-9,12-13H,10-11H2,1-2H3. The van der Waals surface area contributed by atoms with Gasteiger partial charge in [-0.2, -0.15) is 0 Å². The van der Waals surface area contributed by atoms with E-state index in [1.165, 1.54) is 12.1 Å². The van der Waals surface area contributed by atoms with Gasteiger partial charge in [0, 0.05) is 40.7 Å². The zero-order valence-electron chi connectivity index (χ0n) is 14.0. The molecule has 0 spiro atoms. The number of rotatable bonds is 7. The predicted molar refractivity (Wildman–Crippen MR) is 104 cm³/mol. The number of hydrogen-bond donors (Lipinski definition) is 0. The molecule has 7 heteroatoms. The lowest BCUT2D eigenvalue weighted by molar-refractivity contribution is -0.384. The van der Waals surface area contributed by atoms with Crippen molar-refractivity contribution >= 4 is 39.3 Å². The maximum Gasteiger partial charge on any atom is 0.269 e. The maximum atomic E-state index is 12.4. The molecule has 1 amide bonds. The Hall–Kier alpha value is -1.86. The monoisotopic (exact) mass is 422 g/mol. The average molecular weight is 423 g/mol. The van der Waals surface area contributed by atoms with Crippen molar-refractivity contribution in [1.29, 1.82) is 0 Å². The van der Waals surface area contributed by atoms with Gasteiger partial charge in [-0.15, -0.1) is 11.8 Å². The molecule has 25 heavy (non-hydrogen) atoms. The second-order valence-corrected chi connectivity index (χ2v) is 7.55. The maximum absolute atomic E-state index is 12.4. The van der Waals surface area contributed by atoms with Crippen LogP contribution >= 0.6 is 27.7 Å². The molecule has 0 radical (unpaired) electrons. The average Bonchev–Trinajstić information content (AvgIpc) is 2.62. The van der Waals surface area contributed by atoms with E-state index in [4.69, 9.17) is 0 Å². The van der Waals surface area contributed by atoms with Crippen molar-refractivity contribution in [2.45, 2.75) is 24.3 Å². The third kappa shape index (κ3) is 5.31. The molecule has 0 aliphatic heterocycles. The van der Waals surface area contributed by atoms with Gasteiger partial charge >= 0.3 is 0 Å². The lowest BCUT2D eigenvalue weighted by Gasteiger charge is -2.25. The van der Waals surface area contributed by atoms with Crippen molar-refractivity contribution in [1.82, 2.24) is 4.90 Å². The first-order valence-electron chi connectivity index (χ1n) is 7.77. The Bertz CT molecular complexity index is 769. The van der Waals surface area contributed by atoms with E-state index in [0.29, 0.717) is 12.2 Å². The highest BCUT2D eigenvalue weighted by atomic mass is 79.9. The summed E-state index contributed by atoms with van der Waals surface area (Å²) in [5, 5.41) is 10.9. The van der Waals surface area contributed by atoms with Gasteiger partial charge in [0.25, 0.3) is 5.69 Å². The van der Waals surface area contributed by atoms with Gasteiger partial charge in [-0.3, -0.25) is 14.9 Å². The Kier molecular flexibility index (Phi) is 7.01. The first-order chi connectivity index (χ1) is 11.9. The second kappa shape index (κ2) is 9.01. The smallest absolute Gasteiger partial charge is 0.269 e. The Labute approximate surface area is 159 Å². The van der Waals surface area contributed by atoms with Gasteiger partial charge in [-0.25, -0.2) is 0 Å². The van der Waals surface area contributed by atoms with Crippen molar-refractivity contribution in [2.75, 3.05) is 12.8 Å². The molecule has 0 saturated carbocycles. The largest absolute Gasteiger partial charge is 0.339 e.